The third-order valence-electron chi connectivity index (χ3n) is 4.54. The monoisotopic (exact) mass is 371 g/mol. The number of hydrogen-bond donors (Lipinski definition) is 3. The first-order valence-electron chi connectivity index (χ1n) is 9.20. The molecule has 0 spiro atoms. The first-order chi connectivity index (χ1) is 13.7. The van der Waals surface area contributed by atoms with Gasteiger partial charge in [0.05, 0.1) is 0 Å². The van der Waals surface area contributed by atoms with Crippen LogP contribution in [0.1, 0.15) is 21.6 Å². The smallest absolute Gasteiger partial charge is 0.271 e. The fourth-order valence-corrected chi connectivity index (χ4v) is 3.13. The molecule has 140 valence electrons. The van der Waals surface area contributed by atoms with Crippen molar-refractivity contribution >= 4 is 28.3 Å². The van der Waals surface area contributed by atoms with E-state index < -0.39 is 0 Å². The average molecular weight is 371 g/mol. The molecule has 28 heavy (non-hydrogen) atoms. The number of hydrogen-bond acceptors (Lipinski definition) is 4. The molecule has 2 aromatic heterocycles. The van der Waals surface area contributed by atoms with Gasteiger partial charge < -0.3 is 15.6 Å². The number of aryl methyl sites for hydroxylation is 1. The molecule has 3 N–H and O–H groups in total. The number of nitrogens with zero attached hydrogens (tertiary/aromatic N) is 2. The van der Waals surface area contributed by atoms with Crippen LogP contribution in [0.5, 0.6) is 0 Å². The van der Waals surface area contributed by atoms with Crippen LogP contribution in [0.25, 0.3) is 10.9 Å². The van der Waals surface area contributed by atoms with E-state index in [0.717, 1.165) is 23.2 Å². The number of benzene rings is 2. The molecule has 0 saturated heterocycles. The first-order valence-corrected chi connectivity index (χ1v) is 9.20. The highest BCUT2D eigenvalue weighted by Crippen LogP contribution is 2.18. The largest absolute Gasteiger partial charge is 0.361 e. The van der Waals surface area contributed by atoms with Crippen LogP contribution in [0.4, 0.5) is 11.5 Å². The zero-order valence-electron chi connectivity index (χ0n) is 15.6. The summed E-state index contributed by atoms with van der Waals surface area (Å²) >= 11 is 0. The van der Waals surface area contributed by atoms with E-state index in [2.05, 4.69) is 31.9 Å². The van der Waals surface area contributed by atoms with Crippen LogP contribution in [0, 0.1) is 6.92 Å². The van der Waals surface area contributed by atoms with Gasteiger partial charge in [-0.25, -0.2) is 0 Å². The fraction of sp³-hybridized carbons (Fsp3) is 0.136. The number of rotatable bonds is 6. The van der Waals surface area contributed by atoms with Crippen LogP contribution in [0.2, 0.25) is 0 Å². The van der Waals surface area contributed by atoms with Crippen LogP contribution < -0.4 is 10.6 Å². The molecule has 4 aromatic rings. The van der Waals surface area contributed by atoms with Gasteiger partial charge in [0.1, 0.15) is 0 Å². The number of aromatic nitrogens is 3. The van der Waals surface area contributed by atoms with Crippen LogP contribution in [0.3, 0.4) is 0 Å². The van der Waals surface area contributed by atoms with Crippen LogP contribution in [0.15, 0.2) is 66.9 Å². The molecule has 6 heteroatoms. The fourth-order valence-electron chi connectivity index (χ4n) is 3.13. The summed E-state index contributed by atoms with van der Waals surface area (Å²) in [6, 6.07) is 19.5. The number of H-pyrrole nitrogens is 1. The van der Waals surface area contributed by atoms with Crippen molar-refractivity contribution in [2.45, 2.75) is 13.3 Å². The Bertz CT molecular complexity index is 1100. The van der Waals surface area contributed by atoms with E-state index in [4.69, 9.17) is 0 Å². The molecule has 0 bridgehead atoms. The highest BCUT2D eigenvalue weighted by atomic mass is 16.1. The summed E-state index contributed by atoms with van der Waals surface area (Å²) in [6.45, 7) is 2.56. The predicted octanol–water partition coefficient (Wildman–Crippen LogP) is 3.98. The minimum Gasteiger partial charge on any atom is -0.361 e. The molecule has 0 fully saturated rings. The molecular weight excluding hydrogens is 350 g/mol. The highest BCUT2D eigenvalue weighted by molar-refractivity contribution is 5.92. The maximum Gasteiger partial charge on any atom is 0.271 e. The molecule has 2 aromatic carbocycles. The van der Waals surface area contributed by atoms with Crippen molar-refractivity contribution in [3.05, 3.63) is 83.7 Å². The van der Waals surface area contributed by atoms with Gasteiger partial charge in [0.2, 0.25) is 0 Å². The van der Waals surface area contributed by atoms with Gasteiger partial charge in [-0.2, -0.15) is 0 Å². The van der Waals surface area contributed by atoms with Gasteiger partial charge in [-0.1, -0.05) is 30.3 Å². The second-order valence-corrected chi connectivity index (χ2v) is 6.66. The van der Waals surface area contributed by atoms with Crippen LogP contribution >= 0.6 is 0 Å². The minimum atomic E-state index is -0.227. The van der Waals surface area contributed by atoms with Crippen LogP contribution in [-0.2, 0) is 6.42 Å². The molecule has 0 aliphatic carbocycles. The van der Waals surface area contributed by atoms with Gasteiger partial charge in [-0.05, 0) is 54.8 Å². The Hall–Kier alpha value is -3.67. The molecule has 0 aliphatic rings. The van der Waals surface area contributed by atoms with Crippen molar-refractivity contribution in [3.8, 4) is 0 Å². The van der Waals surface area contributed by atoms with Gasteiger partial charge in [0.15, 0.2) is 11.5 Å². The number of aromatic amines is 1. The molecule has 0 saturated carbocycles. The van der Waals surface area contributed by atoms with Gasteiger partial charge in [-0.15, -0.1) is 10.2 Å². The number of nitrogens with one attached hydrogen (secondary N) is 3. The Morgan fingerprint density at radius 1 is 1.04 bits per heavy atom. The third kappa shape index (κ3) is 4.01. The van der Waals surface area contributed by atoms with Crippen molar-refractivity contribution in [3.63, 3.8) is 0 Å². The summed E-state index contributed by atoms with van der Waals surface area (Å²) in [4.78, 5) is 15.6. The summed E-state index contributed by atoms with van der Waals surface area (Å²) in [5.41, 5.74) is 4.68. The lowest BCUT2D eigenvalue weighted by Crippen LogP contribution is -2.26. The van der Waals surface area contributed by atoms with Gasteiger partial charge in [0.25, 0.3) is 5.91 Å². The molecule has 0 unspecified atom stereocenters. The summed E-state index contributed by atoms with van der Waals surface area (Å²) in [7, 11) is 0. The maximum atomic E-state index is 12.3. The van der Waals surface area contributed by atoms with E-state index in [1.54, 1.807) is 12.1 Å². The lowest BCUT2D eigenvalue weighted by Gasteiger charge is -2.07. The van der Waals surface area contributed by atoms with E-state index >= 15 is 0 Å². The zero-order valence-corrected chi connectivity index (χ0v) is 15.6. The van der Waals surface area contributed by atoms with Gasteiger partial charge in [-0.3, -0.25) is 4.79 Å². The van der Waals surface area contributed by atoms with E-state index in [1.807, 2.05) is 55.6 Å². The number of para-hydroxylation sites is 1. The topological polar surface area (TPSA) is 82.7 Å². The quantitative estimate of drug-likeness (QED) is 0.479. The Kier molecular flexibility index (Phi) is 5.01. The molecule has 4 rings (SSSR count). The number of anilines is 2. The number of carbonyl (C=O) groups excluding carboxylic acids is 1. The summed E-state index contributed by atoms with van der Waals surface area (Å²) in [5, 5.41) is 15.4. The van der Waals surface area contributed by atoms with Crippen molar-refractivity contribution in [2.75, 3.05) is 11.9 Å². The summed E-state index contributed by atoms with van der Waals surface area (Å²) in [6.07, 6.45) is 2.73. The van der Waals surface area contributed by atoms with Crippen molar-refractivity contribution in [1.82, 2.24) is 20.5 Å². The zero-order chi connectivity index (χ0) is 19.3. The summed E-state index contributed by atoms with van der Waals surface area (Å²) < 4.78 is 0. The lowest BCUT2D eigenvalue weighted by molar-refractivity contribution is 0.0948. The molecule has 6 nitrogen and oxygen atoms in total. The maximum absolute atomic E-state index is 12.3. The highest BCUT2D eigenvalue weighted by Gasteiger charge is 2.09. The second-order valence-electron chi connectivity index (χ2n) is 6.66. The van der Waals surface area contributed by atoms with E-state index in [9.17, 15) is 4.79 Å². The second kappa shape index (κ2) is 7.92. The van der Waals surface area contributed by atoms with Crippen molar-refractivity contribution < 1.29 is 4.79 Å². The number of amides is 1. The molecule has 2 heterocycles. The van der Waals surface area contributed by atoms with Crippen molar-refractivity contribution in [1.29, 1.82) is 0 Å². The first kappa shape index (κ1) is 17.7. The average Bonchev–Trinajstić information content (AvgIpc) is 3.12. The third-order valence-corrected chi connectivity index (χ3v) is 4.54. The Morgan fingerprint density at radius 2 is 1.93 bits per heavy atom. The number of fused-ring (bicyclic) bond motifs is 1. The summed E-state index contributed by atoms with van der Waals surface area (Å²) in [5.74, 6) is 0.371. The van der Waals surface area contributed by atoms with E-state index in [-0.39, 0.29) is 5.91 Å². The Labute approximate surface area is 163 Å². The van der Waals surface area contributed by atoms with Crippen molar-refractivity contribution in [2.24, 2.45) is 0 Å². The molecule has 1 amide bonds. The van der Waals surface area contributed by atoms with E-state index in [0.29, 0.717) is 18.1 Å². The van der Waals surface area contributed by atoms with E-state index in [1.165, 1.54) is 10.9 Å². The SMILES string of the molecule is Cc1cccc(Nc2ccc(C(=O)NCCc3c[nH]c4ccccc34)nn2)c1. The molecular formula is C22H21N5O. The van der Waals surface area contributed by atoms with Gasteiger partial charge >= 0.3 is 0 Å². The normalized spacial score (nSPS) is 10.8. The molecule has 0 aliphatic heterocycles. The standard InChI is InChI=1S/C22H21N5O/c1-15-5-4-6-17(13-15)25-21-10-9-20(26-27-21)22(28)23-12-11-16-14-24-19-8-3-2-7-18(16)19/h2-10,13-14,24H,11-12H2,1H3,(H,23,28)(H,25,27). The minimum absolute atomic E-state index is 0.227. The Balaban J connectivity index is 1.33. The molecule has 0 atom stereocenters. The molecule has 0 radical (unpaired) electrons. The number of carbonyl (C=O) groups is 1. The predicted molar refractivity (Wildman–Crippen MR) is 111 cm³/mol. The van der Waals surface area contributed by atoms with Gasteiger partial charge in [0, 0.05) is 29.3 Å². The Morgan fingerprint density at radius 3 is 2.75 bits per heavy atom. The van der Waals surface area contributed by atoms with Crippen LogP contribution in [-0.4, -0.2) is 27.6 Å². The lowest BCUT2D eigenvalue weighted by atomic mass is 10.1.